The van der Waals surface area contributed by atoms with Crippen LogP contribution in [0, 0.1) is 0 Å². The number of rotatable bonds is 4. The summed E-state index contributed by atoms with van der Waals surface area (Å²) >= 11 is 0. The van der Waals surface area contributed by atoms with Gasteiger partial charge in [-0.1, -0.05) is 13.3 Å². The zero-order valence-electron chi connectivity index (χ0n) is 9.46. The lowest BCUT2D eigenvalue weighted by molar-refractivity contribution is 0.0962. The van der Waals surface area contributed by atoms with Gasteiger partial charge in [-0.3, -0.25) is 4.79 Å². The maximum atomic E-state index is 11.5. The number of carbonyl (C=O) groups excluding carboxylic acids is 1. The molecule has 0 heterocycles. The molecule has 15 heavy (non-hydrogen) atoms. The number of amides is 1. The van der Waals surface area contributed by atoms with Gasteiger partial charge in [0.05, 0.1) is 7.11 Å². The Morgan fingerprint density at radius 2 is 2.13 bits per heavy atom. The minimum absolute atomic E-state index is 0.0775. The van der Waals surface area contributed by atoms with Crippen LogP contribution in [0.1, 0.15) is 29.3 Å². The Hall–Kier alpha value is -1.51. The molecule has 0 saturated heterocycles. The Morgan fingerprint density at radius 3 is 2.67 bits per heavy atom. The summed E-state index contributed by atoms with van der Waals surface area (Å²) in [5, 5.41) is 2.61. The largest absolute Gasteiger partial charge is 0.497 e. The normalized spacial score (nSPS) is 9.80. The van der Waals surface area contributed by atoms with Crippen LogP contribution in [0.2, 0.25) is 0 Å². The first kappa shape index (κ1) is 11.6. The molecule has 82 valence electrons. The Labute approximate surface area is 90.4 Å². The molecule has 0 unspecified atom stereocenters. The minimum atomic E-state index is -0.0775. The smallest absolute Gasteiger partial charge is 0.251 e. The van der Waals surface area contributed by atoms with E-state index in [9.17, 15) is 4.79 Å². The molecule has 3 heteroatoms. The summed E-state index contributed by atoms with van der Waals surface area (Å²) in [4.78, 5) is 11.5. The molecule has 0 aliphatic heterocycles. The zero-order valence-corrected chi connectivity index (χ0v) is 9.46. The molecule has 1 N–H and O–H groups in total. The first-order chi connectivity index (χ1) is 7.21. The Kier molecular flexibility index (Phi) is 4.16. The van der Waals surface area contributed by atoms with E-state index in [0.29, 0.717) is 5.56 Å². The molecule has 0 spiro atoms. The summed E-state index contributed by atoms with van der Waals surface area (Å²) in [5.74, 6) is 0.658. The second-order valence-electron chi connectivity index (χ2n) is 3.40. The average Bonchev–Trinajstić information content (AvgIpc) is 2.28. The number of benzene rings is 1. The Balaban J connectivity index is 3.05. The summed E-state index contributed by atoms with van der Waals surface area (Å²) in [6, 6.07) is 5.62. The van der Waals surface area contributed by atoms with Crippen LogP contribution in [0.3, 0.4) is 0 Å². The van der Waals surface area contributed by atoms with E-state index < -0.39 is 0 Å². The van der Waals surface area contributed by atoms with Gasteiger partial charge < -0.3 is 10.1 Å². The fourth-order valence-electron chi connectivity index (χ4n) is 1.49. The zero-order chi connectivity index (χ0) is 11.3. The predicted molar refractivity (Wildman–Crippen MR) is 60.4 cm³/mol. The number of carbonyl (C=O) groups is 1. The van der Waals surface area contributed by atoms with E-state index in [0.717, 1.165) is 24.2 Å². The fraction of sp³-hybridized carbons (Fsp3) is 0.417. The van der Waals surface area contributed by atoms with Gasteiger partial charge in [0, 0.05) is 12.6 Å². The third-order valence-corrected chi connectivity index (χ3v) is 2.23. The number of methoxy groups -OCH3 is 1. The molecule has 1 rings (SSSR count). The van der Waals surface area contributed by atoms with Crippen molar-refractivity contribution < 1.29 is 9.53 Å². The van der Waals surface area contributed by atoms with E-state index in [2.05, 4.69) is 12.2 Å². The molecule has 0 aliphatic carbocycles. The van der Waals surface area contributed by atoms with Gasteiger partial charge in [-0.2, -0.15) is 0 Å². The molecule has 0 saturated carbocycles. The van der Waals surface area contributed by atoms with Crippen molar-refractivity contribution in [3.8, 4) is 5.75 Å². The van der Waals surface area contributed by atoms with Crippen LogP contribution < -0.4 is 10.1 Å². The van der Waals surface area contributed by atoms with Gasteiger partial charge >= 0.3 is 0 Å². The van der Waals surface area contributed by atoms with Gasteiger partial charge in [-0.05, 0) is 30.2 Å². The first-order valence-electron chi connectivity index (χ1n) is 5.11. The molecule has 0 bridgehead atoms. The van der Waals surface area contributed by atoms with E-state index in [-0.39, 0.29) is 5.91 Å². The van der Waals surface area contributed by atoms with Crippen LogP contribution in [-0.2, 0) is 6.42 Å². The molecular weight excluding hydrogens is 190 g/mol. The highest BCUT2D eigenvalue weighted by atomic mass is 16.5. The van der Waals surface area contributed by atoms with E-state index in [1.807, 2.05) is 12.1 Å². The van der Waals surface area contributed by atoms with E-state index >= 15 is 0 Å². The van der Waals surface area contributed by atoms with E-state index in [4.69, 9.17) is 4.74 Å². The lowest BCUT2D eigenvalue weighted by Gasteiger charge is -2.07. The number of ether oxygens (including phenoxy) is 1. The van der Waals surface area contributed by atoms with Gasteiger partial charge in [0.15, 0.2) is 0 Å². The highest BCUT2D eigenvalue weighted by Crippen LogP contribution is 2.18. The number of aryl methyl sites for hydroxylation is 1. The molecule has 0 radical (unpaired) electrons. The third-order valence-electron chi connectivity index (χ3n) is 2.23. The highest BCUT2D eigenvalue weighted by molar-refractivity contribution is 5.94. The maximum absolute atomic E-state index is 11.5. The van der Waals surface area contributed by atoms with Gasteiger partial charge in [0.2, 0.25) is 0 Å². The molecule has 3 nitrogen and oxygen atoms in total. The molecule has 0 aliphatic rings. The second-order valence-corrected chi connectivity index (χ2v) is 3.40. The quantitative estimate of drug-likeness (QED) is 0.820. The summed E-state index contributed by atoms with van der Waals surface area (Å²) in [7, 11) is 3.24. The SMILES string of the molecule is CCCc1cc(OC)cc(C(=O)NC)c1. The molecule has 1 aromatic carbocycles. The molecule has 0 aromatic heterocycles. The maximum Gasteiger partial charge on any atom is 0.251 e. The van der Waals surface area contributed by atoms with Gasteiger partial charge in [0.1, 0.15) is 5.75 Å². The topological polar surface area (TPSA) is 38.3 Å². The molecule has 0 atom stereocenters. The fourth-order valence-corrected chi connectivity index (χ4v) is 1.49. The molecular formula is C12H17NO2. The number of hydrogen-bond donors (Lipinski definition) is 1. The molecule has 0 fully saturated rings. The monoisotopic (exact) mass is 207 g/mol. The Bertz CT molecular complexity index is 347. The van der Waals surface area contributed by atoms with Crippen molar-refractivity contribution in [1.82, 2.24) is 5.32 Å². The first-order valence-corrected chi connectivity index (χ1v) is 5.11. The standard InChI is InChI=1S/C12H17NO2/c1-4-5-9-6-10(12(14)13-2)8-11(7-9)15-3/h6-8H,4-5H2,1-3H3,(H,13,14). The van der Waals surface area contributed by atoms with Crippen molar-refractivity contribution in [1.29, 1.82) is 0 Å². The second kappa shape index (κ2) is 5.39. The van der Waals surface area contributed by atoms with Crippen molar-refractivity contribution in [3.63, 3.8) is 0 Å². The lowest BCUT2D eigenvalue weighted by atomic mass is 10.1. The Morgan fingerprint density at radius 1 is 1.40 bits per heavy atom. The lowest BCUT2D eigenvalue weighted by Crippen LogP contribution is -2.18. The van der Waals surface area contributed by atoms with Gasteiger partial charge in [-0.15, -0.1) is 0 Å². The van der Waals surface area contributed by atoms with E-state index in [1.54, 1.807) is 20.2 Å². The van der Waals surface area contributed by atoms with Crippen LogP contribution in [0.4, 0.5) is 0 Å². The number of nitrogens with one attached hydrogen (secondary N) is 1. The van der Waals surface area contributed by atoms with Crippen LogP contribution in [0.15, 0.2) is 18.2 Å². The predicted octanol–water partition coefficient (Wildman–Crippen LogP) is 2.01. The summed E-state index contributed by atoms with van der Waals surface area (Å²) in [5.41, 5.74) is 1.79. The minimum Gasteiger partial charge on any atom is -0.497 e. The summed E-state index contributed by atoms with van der Waals surface area (Å²) in [6.07, 6.45) is 2.02. The average molecular weight is 207 g/mol. The van der Waals surface area contributed by atoms with Crippen molar-refractivity contribution in [3.05, 3.63) is 29.3 Å². The van der Waals surface area contributed by atoms with E-state index in [1.165, 1.54) is 0 Å². The van der Waals surface area contributed by atoms with Crippen LogP contribution in [0.5, 0.6) is 5.75 Å². The van der Waals surface area contributed by atoms with Crippen molar-refractivity contribution >= 4 is 5.91 Å². The van der Waals surface area contributed by atoms with Crippen LogP contribution >= 0.6 is 0 Å². The third kappa shape index (κ3) is 2.98. The van der Waals surface area contributed by atoms with Crippen LogP contribution in [0.25, 0.3) is 0 Å². The summed E-state index contributed by atoms with van der Waals surface area (Å²) < 4.78 is 5.16. The van der Waals surface area contributed by atoms with Crippen molar-refractivity contribution in [2.24, 2.45) is 0 Å². The van der Waals surface area contributed by atoms with Crippen LogP contribution in [-0.4, -0.2) is 20.1 Å². The van der Waals surface area contributed by atoms with Gasteiger partial charge in [-0.25, -0.2) is 0 Å². The molecule has 1 aromatic rings. The van der Waals surface area contributed by atoms with Gasteiger partial charge in [0.25, 0.3) is 5.91 Å². The van der Waals surface area contributed by atoms with Crippen molar-refractivity contribution in [2.45, 2.75) is 19.8 Å². The molecule has 1 amide bonds. The highest BCUT2D eigenvalue weighted by Gasteiger charge is 2.06. The number of hydrogen-bond acceptors (Lipinski definition) is 2. The van der Waals surface area contributed by atoms with Crippen molar-refractivity contribution in [2.75, 3.05) is 14.2 Å². The summed E-state index contributed by atoms with van der Waals surface area (Å²) in [6.45, 7) is 2.11.